The Morgan fingerprint density at radius 1 is 1.32 bits per heavy atom. The van der Waals surface area contributed by atoms with Crippen molar-refractivity contribution in [1.82, 2.24) is 0 Å². The minimum Gasteiger partial charge on any atom is -0.461 e. The summed E-state index contributed by atoms with van der Waals surface area (Å²) in [7, 11) is 0. The molecular weight excluding hydrogens is 350 g/mol. The van der Waals surface area contributed by atoms with Crippen molar-refractivity contribution in [3.05, 3.63) is 0 Å². The number of halogens is 1. The summed E-state index contributed by atoms with van der Waals surface area (Å²) in [6.45, 7) is 8.40. The van der Waals surface area contributed by atoms with E-state index < -0.39 is 11.8 Å². The van der Waals surface area contributed by atoms with Crippen LogP contribution in [0.2, 0.25) is 0 Å². The molecule has 0 unspecified atom stereocenters. The van der Waals surface area contributed by atoms with Gasteiger partial charge < -0.3 is 9.57 Å². The first-order chi connectivity index (χ1) is 10.4. The molecule has 1 aliphatic carbocycles. The summed E-state index contributed by atoms with van der Waals surface area (Å²) >= 11 is 3.05. The molecule has 5 nitrogen and oxygen atoms in total. The van der Waals surface area contributed by atoms with Crippen molar-refractivity contribution in [1.29, 1.82) is 0 Å². The molecule has 0 bridgehead atoms. The number of nitrogens with zero attached hydrogens (tertiary/aromatic N) is 1. The zero-order valence-electron chi connectivity index (χ0n) is 13.8. The molecule has 0 aliphatic heterocycles. The van der Waals surface area contributed by atoms with E-state index in [4.69, 9.17) is 9.57 Å². The van der Waals surface area contributed by atoms with E-state index in [0.717, 1.165) is 12.8 Å². The third-order valence-electron chi connectivity index (χ3n) is 4.09. The van der Waals surface area contributed by atoms with Crippen molar-refractivity contribution in [2.75, 3.05) is 11.9 Å². The molecule has 6 heteroatoms. The van der Waals surface area contributed by atoms with Crippen molar-refractivity contribution < 1.29 is 19.2 Å². The highest BCUT2D eigenvalue weighted by Crippen LogP contribution is 2.35. The van der Waals surface area contributed by atoms with Gasteiger partial charge in [-0.1, -0.05) is 48.3 Å². The molecule has 126 valence electrons. The van der Waals surface area contributed by atoms with Gasteiger partial charge in [-0.05, 0) is 31.6 Å². The van der Waals surface area contributed by atoms with Crippen LogP contribution in [-0.2, 0) is 19.2 Å². The van der Waals surface area contributed by atoms with Gasteiger partial charge in [0.25, 0.3) is 0 Å². The Morgan fingerprint density at radius 2 is 2.00 bits per heavy atom. The fraction of sp³-hybridized carbons (Fsp3) is 0.812. The summed E-state index contributed by atoms with van der Waals surface area (Å²) < 4.78 is 4.87. The SMILES string of the molecule is CCOC(=O)C(=NO[C@H]1C[C@H](C)CC[C@H]1C(C)C)C(=O)CBr. The number of alkyl halides is 1. The number of ether oxygens (including phenoxy) is 1. The molecule has 3 atom stereocenters. The summed E-state index contributed by atoms with van der Waals surface area (Å²) in [6.07, 6.45) is 3.10. The Kier molecular flexibility index (Phi) is 8.07. The van der Waals surface area contributed by atoms with E-state index in [1.807, 2.05) is 0 Å². The number of carbonyl (C=O) groups is 2. The van der Waals surface area contributed by atoms with Crippen LogP contribution < -0.4 is 0 Å². The van der Waals surface area contributed by atoms with Crippen molar-refractivity contribution in [2.45, 2.75) is 53.1 Å². The van der Waals surface area contributed by atoms with Crippen LogP contribution in [0.25, 0.3) is 0 Å². The van der Waals surface area contributed by atoms with Crippen LogP contribution >= 0.6 is 15.9 Å². The van der Waals surface area contributed by atoms with E-state index in [9.17, 15) is 9.59 Å². The Hall–Kier alpha value is -0.910. The highest BCUT2D eigenvalue weighted by molar-refractivity contribution is 9.09. The quantitative estimate of drug-likeness (QED) is 0.225. The van der Waals surface area contributed by atoms with Crippen molar-refractivity contribution in [2.24, 2.45) is 22.9 Å². The Labute approximate surface area is 140 Å². The lowest BCUT2D eigenvalue weighted by Crippen LogP contribution is -2.34. The number of ketones is 1. The molecule has 0 N–H and O–H groups in total. The van der Waals surface area contributed by atoms with Gasteiger partial charge in [0.2, 0.25) is 11.5 Å². The van der Waals surface area contributed by atoms with Gasteiger partial charge in [0.1, 0.15) is 6.10 Å². The molecule has 0 aromatic carbocycles. The minimum absolute atomic E-state index is 0.0166. The van der Waals surface area contributed by atoms with Crippen molar-refractivity contribution >= 4 is 33.4 Å². The van der Waals surface area contributed by atoms with Gasteiger partial charge in [-0.25, -0.2) is 4.79 Å². The predicted octanol–water partition coefficient (Wildman–Crippen LogP) is 3.35. The molecular formula is C16H26BrNO4. The van der Waals surface area contributed by atoms with Crippen molar-refractivity contribution in [3.63, 3.8) is 0 Å². The zero-order chi connectivity index (χ0) is 16.7. The van der Waals surface area contributed by atoms with Crippen LogP contribution in [0.3, 0.4) is 0 Å². The molecule has 0 aromatic heterocycles. The maximum absolute atomic E-state index is 11.8. The van der Waals surface area contributed by atoms with Gasteiger partial charge in [-0.2, -0.15) is 0 Å². The molecule has 0 amide bonds. The third kappa shape index (κ3) is 5.38. The number of esters is 1. The highest BCUT2D eigenvalue weighted by atomic mass is 79.9. The first kappa shape index (κ1) is 19.1. The maximum Gasteiger partial charge on any atom is 0.364 e. The molecule has 1 saturated carbocycles. The Balaban J connectivity index is 2.86. The molecule has 0 saturated heterocycles. The van der Waals surface area contributed by atoms with Gasteiger partial charge in [0, 0.05) is 5.92 Å². The number of Topliss-reactive ketones (excluding diaryl/α,β-unsaturated/α-hetero) is 1. The molecule has 0 heterocycles. The van der Waals surface area contributed by atoms with E-state index in [0.29, 0.717) is 17.8 Å². The summed E-state index contributed by atoms with van der Waals surface area (Å²) in [4.78, 5) is 29.3. The number of hydrogen-bond acceptors (Lipinski definition) is 5. The summed E-state index contributed by atoms with van der Waals surface area (Å²) in [5.41, 5.74) is -0.264. The van der Waals surface area contributed by atoms with E-state index in [1.54, 1.807) is 6.92 Å². The fourth-order valence-electron chi connectivity index (χ4n) is 2.82. The van der Waals surface area contributed by atoms with E-state index in [2.05, 4.69) is 41.9 Å². The van der Waals surface area contributed by atoms with Crippen molar-refractivity contribution in [3.8, 4) is 0 Å². The maximum atomic E-state index is 11.8. The lowest BCUT2D eigenvalue weighted by Gasteiger charge is -2.35. The highest BCUT2D eigenvalue weighted by Gasteiger charge is 2.33. The van der Waals surface area contributed by atoms with E-state index in [-0.39, 0.29) is 23.8 Å². The molecule has 0 radical (unpaired) electrons. The summed E-state index contributed by atoms with van der Waals surface area (Å²) in [6, 6.07) is 0. The molecule has 0 aromatic rings. The second-order valence-corrected chi connectivity index (χ2v) is 6.75. The molecule has 1 rings (SSSR count). The lowest BCUT2D eigenvalue weighted by molar-refractivity contribution is -0.136. The normalized spacial score (nSPS) is 25.9. The number of carbonyl (C=O) groups excluding carboxylic acids is 2. The van der Waals surface area contributed by atoms with Gasteiger partial charge in [-0.3, -0.25) is 4.79 Å². The van der Waals surface area contributed by atoms with E-state index in [1.165, 1.54) is 6.42 Å². The number of hydrogen-bond donors (Lipinski definition) is 0. The van der Waals surface area contributed by atoms with Crippen LogP contribution in [0, 0.1) is 17.8 Å². The summed E-state index contributed by atoms with van der Waals surface area (Å²) in [5, 5.41) is 3.88. The van der Waals surface area contributed by atoms with Gasteiger partial charge >= 0.3 is 5.97 Å². The van der Waals surface area contributed by atoms with Crippen LogP contribution in [0.5, 0.6) is 0 Å². The smallest absolute Gasteiger partial charge is 0.364 e. The molecule has 1 fully saturated rings. The number of rotatable bonds is 7. The lowest BCUT2D eigenvalue weighted by atomic mass is 9.75. The second-order valence-electron chi connectivity index (χ2n) is 6.19. The first-order valence-electron chi connectivity index (χ1n) is 7.90. The largest absolute Gasteiger partial charge is 0.461 e. The van der Waals surface area contributed by atoms with E-state index >= 15 is 0 Å². The van der Waals surface area contributed by atoms with Crippen LogP contribution in [0.1, 0.15) is 47.0 Å². The van der Waals surface area contributed by atoms with Crippen LogP contribution in [0.4, 0.5) is 0 Å². The zero-order valence-corrected chi connectivity index (χ0v) is 15.4. The van der Waals surface area contributed by atoms with Gasteiger partial charge in [-0.15, -0.1) is 0 Å². The minimum atomic E-state index is -0.725. The standard InChI is InChI=1S/C16H26BrNO4/c1-5-21-16(20)15(13(19)9-17)18-22-14-8-11(4)6-7-12(14)10(2)3/h10-12,14H,5-9H2,1-4H3/t11-,12+,14+/m1/s1. The molecule has 1 aliphatic rings. The Bertz CT molecular complexity index is 422. The van der Waals surface area contributed by atoms with Gasteiger partial charge in [0.05, 0.1) is 11.9 Å². The first-order valence-corrected chi connectivity index (χ1v) is 9.02. The topological polar surface area (TPSA) is 65.0 Å². The van der Waals surface area contributed by atoms with Crippen LogP contribution in [-0.4, -0.2) is 35.5 Å². The Morgan fingerprint density at radius 3 is 2.55 bits per heavy atom. The average Bonchev–Trinajstić information content (AvgIpc) is 2.47. The number of oxime groups is 1. The predicted molar refractivity (Wildman–Crippen MR) is 89.1 cm³/mol. The third-order valence-corrected chi connectivity index (χ3v) is 4.60. The van der Waals surface area contributed by atoms with Crippen LogP contribution in [0.15, 0.2) is 5.16 Å². The monoisotopic (exact) mass is 375 g/mol. The summed E-state index contributed by atoms with van der Waals surface area (Å²) in [5.74, 6) is 0.279. The second kappa shape index (κ2) is 9.28. The molecule has 22 heavy (non-hydrogen) atoms. The van der Waals surface area contributed by atoms with Gasteiger partial charge in [0.15, 0.2) is 0 Å². The fourth-order valence-corrected chi connectivity index (χ4v) is 3.09. The average molecular weight is 376 g/mol. The molecule has 0 spiro atoms.